The molecule has 3 aromatic carbocycles. The van der Waals surface area contributed by atoms with E-state index in [2.05, 4.69) is 14.7 Å². The maximum atomic E-state index is 12.7. The van der Waals surface area contributed by atoms with E-state index < -0.39 is 20.8 Å². The first-order valence-electron chi connectivity index (χ1n) is 11.6. The zero-order valence-electron chi connectivity index (χ0n) is 20.0. The van der Waals surface area contributed by atoms with Gasteiger partial charge in [0.2, 0.25) is 0 Å². The highest BCUT2D eigenvalue weighted by Gasteiger charge is 2.13. The zero-order valence-corrected chi connectivity index (χ0v) is 21.6. The third kappa shape index (κ3) is 5.23. The van der Waals surface area contributed by atoms with Crippen LogP contribution in [0.1, 0.15) is 6.92 Å². The van der Waals surface area contributed by atoms with Crippen LogP contribution in [0.25, 0.3) is 33.2 Å². The van der Waals surface area contributed by atoms with Crippen LogP contribution in [0, 0.1) is 0 Å². The molecule has 0 aliphatic carbocycles. The molecule has 0 aliphatic heterocycles. The predicted molar refractivity (Wildman–Crippen MR) is 149 cm³/mol. The zero-order chi connectivity index (χ0) is 26.0. The summed E-state index contributed by atoms with van der Waals surface area (Å²) in [6.07, 6.45) is 3.38. The number of hydrogen-bond donors (Lipinski definition) is 2. The molecule has 37 heavy (non-hydrogen) atoms. The highest BCUT2D eigenvalue weighted by molar-refractivity contribution is 7.91. The fraction of sp³-hybridized carbons (Fsp3) is 0.0714. The van der Waals surface area contributed by atoms with Gasteiger partial charge in [-0.3, -0.25) is 9.71 Å². The quantitative estimate of drug-likeness (QED) is 0.289. The van der Waals surface area contributed by atoms with Gasteiger partial charge in [0.1, 0.15) is 16.8 Å². The topological polar surface area (TPSA) is 115 Å². The maximum absolute atomic E-state index is 12.7. The Morgan fingerprint density at radius 3 is 2.32 bits per heavy atom. The van der Waals surface area contributed by atoms with Gasteiger partial charge in [0, 0.05) is 22.7 Å². The number of aromatic nitrogens is 2. The van der Waals surface area contributed by atoms with Gasteiger partial charge >= 0.3 is 0 Å². The highest BCUT2D eigenvalue weighted by Crippen LogP contribution is 2.32. The summed E-state index contributed by atoms with van der Waals surface area (Å²) in [5.74, 6) is 0.408. The summed E-state index contributed by atoms with van der Waals surface area (Å²) in [7, 11) is -4.69. The summed E-state index contributed by atoms with van der Waals surface area (Å²) in [4.78, 5) is 9.83. The Morgan fingerprint density at radius 1 is 0.865 bits per heavy atom. The van der Waals surface area contributed by atoms with Crippen molar-refractivity contribution in [3.8, 4) is 22.3 Å². The minimum absolute atomic E-state index is 0.0442. The molecular formula is C28H24N4O3S2. The summed E-state index contributed by atoms with van der Waals surface area (Å²) in [5, 5.41) is 0.873. The van der Waals surface area contributed by atoms with Gasteiger partial charge in [0.15, 0.2) is 9.84 Å². The van der Waals surface area contributed by atoms with Gasteiger partial charge in [-0.2, -0.15) is 0 Å². The summed E-state index contributed by atoms with van der Waals surface area (Å²) >= 11 is 0. The van der Waals surface area contributed by atoms with Crippen LogP contribution in [-0.4, -0.2) is 28.3 Å². The monoisotopic (exact) mass is 528 g/mol. The largest absolute Gasteiger partial charge is 0.383 e. The van der Waals surface area contributed by atoms with Crippen molar-refractivity contribution >= 4 is 43.2 Å². The van der Waals surface area contributed by atoms with Crippen molar-refractivity contribution in [3.63, 3.8) is 0 Å². The number of nitrogens with zero attached hydrogens (tertiary/aromatic N) is 2. The van der Waals surface area contributed by atoms with Crippen molar-refractivity contribution in [1.29, 1.82) is 0 Å². The second kappa shape index (κ2) is 10.1. The van der Waals surface area contributed by atoms with Crippen LogP contribution in [0.5, 0.6) is 0 Å². The Labute approximate surface area is 217 Å². The molecule has 2 aromatic heterocycles. The summed E-state index contributed by atoms with van der Waals surface area (Å²) in [5.41, 5.74) is 10.9. The number of nitrogens with one attached hydrogen (secondary N) is 1. The molecule has 0 amide bonds. The lowest BCUT2D eigenvalue weighted by Crippen LogP contribution is -2.04. The van der Waals surface area contributed by atoms with E-state index in [4.69, 9.17) is 5.73 Å². The number of sulfone groups is 1. The van der Waals surface area contributed by atoms with Gasteiger partial charge < -0.3 is 5.73 Å². The first-order chi connectivity index (χ1) is 17.8. The first kappa shape index (κ1) is 24.6. The number of hydrogen-bond acceptors (Lipinski definition) is 6. The van der Waals surface area contributed by atoms with E-state index in [0.717, 1.165) is 33.2 Å². The highest BCUT2D eigenvalue weighted by atomic mass is 32.2. The molecule has 5 aromatic rings. The Morgan fingerprint density at radius 2 is 1.59 bits per heavy atom. The summed E-state index contributed by atoms with van der Waals surface area (Å²) in [6.45, 7) is 1.62. The molecule has 9 heteroatoms. The Balaban J connectivity index is 1.47. The Bertz CT molecular complexity index is 1720. The van der Waals surface area contributed by atoms with E-state index >= 15 is 0 Å². The third-order valence-corrected chi connectivity index (χ3v) is 8.86. The van der Waals surface area contributed by atoms with Crippen LogP contribution in [0.4, 0.5) is 11.5 Å². The van der Waals surface area contributed by atoms with E-state index in [9.17, 15) is 12.6 Å². The third-order valence-electron chi connectivity index (χ3n) is 5.99. The summed E-state index contributed by atoms with van der Waals surface area (Å²) in [6, 6.07) is 25.5. The SMILES string of the molecule is CCS(=O)(=O)c1ccc(-c2cc3cc(-c4cncc(NS(=O)c5ccccc5)c4)ccc3nc2N)cc1. The van der Waals surface area contributed by atoms with Crippen LogP contribution in [0.2, 0.25) is 0 Å². The molecule has 0 spiro atoms. The number of nitrogen functional groups attached to an aromatic ring is 1. The first-order valence-corrected chi connectivity index (χ1v) is 14.4. The average Bonchev–Trinajstić information content (AvgIpc) is 2.93. The lowest BCUT2D eigenvalue weighted by Gasteiger charge is -2.11. The lowest BCUT2D eigenvalue weighted by molar-refractivity contribution is 0.597. The van der Waals surface area contributed by atoms with Gasteiger partial charge in [-0.15, -0.1) is 0 Å². The normalized spacial score (nSPS) is 12.4. The van der Waals surface area contributed by atoms with Gasteiger partial charge in [0.25, 0.3) is 0 Å². The molecule has 0 saturated carbocycles. The van der Waals surface area contributed by atoms with Crippen molar-refractivity contribution in [2.24, 2.45) is 0 Å². The number of nitrogens with two attached hydrogens (primary N) is 1. The van der Waals surface area contributed by atoms with Crippen molar-refractivity contribution in [1.82, 2.24) is 9.97 Å². The molecule has 0 fully saturated rings. The van der Waals surface area contributed by atoms with E-state index in [1.54, 1.807) is 55.7 Å². The molecule has 1 unspecified atom stereocenters. The Hall–Kier alpha value is -4.08. The van der Waals surface area contributed by atoms with Crippen LogP contribution in [-0.2, 0) is 20.8 Å². The average molecular weight is 529 g/mol. The van der Waals surface area contributed by atoms with Crippen molar-refractivity contribution in [3.05, 3.63) is 97.3 Å². The number of benzene rings is 3. The van der Waals surface area contributed by atoms with Gasteiger partial charge in [0.05, 0.1) is 32.9 Å². The van der Waals surface area contributed by atoms with E-state index in [1.165, 1.54) is 0 Å². The number of anilines is 2. The van der Waals surface area contributed by atoms with Gasteiger partial charge in [-0.25, -0.2) is 17.6 Å². The maximum Gasteiger partial charge on any atom is 0.178 e. The van der Waals surface area contributed by atoms with Crippen LogP contribution in [0.15, 0.2) is 107 Å². The predicted octanol–water partition coefficient (Wildman–Crippen LogP) is 5.47. The van der Waals surface area contributed by atoms with E-state index in [0.29, 0.717) is 16.4 Å². The molecule has 5 rings (SSSR count). The fourth-order valence-electron chi connectivity index (χ4n) is 3.97. The van der Waals surface area contributed by atoms with E-state index in [-0.39, 0.29) is 10.6 Å². The standard InChI is InChI=1S/C28H24N4O3S2/c1-2-37(34,35)25-11-8-19(9-12-25)26-16-21-14-20(10-13-27(21)31-28(26)29)22-15-23(18-30-17-22)32-36(33)24-6-4-3-5-7-24/h3-18,32H,2H2,1H3,(H2,29,31). The van der Waals surface area contributed by atoms with Crippen LogP contribution >= 0.6 is 0 Å². The molecule has 0 aliphatic rings. The summed E-state index contributed by atoms with van der Waals surface area (Å²) < 4.78 is 40.0. The molecule has 3 N–H and O–H groups in total. The second-order valence-electron chi connectivity index (χ2n) is 8.40. The smallest absolute Gasteiger partial charge is 0.178 e. The molecule has 0 radical (unpaired) electrons. The lowest BCUT2D eigenvalue weighted by atomic mass is 10.0. The number of pyridine rings is 2. The van der Waals surface area contributed by atoms with E-state index in [1.807, 2.05) is 48.5 Å². The molecule has 186 valence electrons. The van der Waals surface area contributed by atoms with Crippen molar-refractivity contribution < 1.29 is 12.6 Å². The minimum Gasteiger partial charge on any atom is -0.383 e. The van der Waals surface area contributed by atoms with Gasteiger partial charge in [-0.1, -0.05) is 43.3 Å². The molecular weight excluding hydrogens is 504 g/mol. The van der Waals surface area contributed by atoms with Gasteiger partial charge in [-0.05, 0) is 59.7 Å². The Kier molecular flexibility index (Phi) is 6.73. The second-order valence-corrected chi connectivity index (χ2v) is 11.9. The fourth-order valence-corrected chi connectivity index (χ4v) is 5.71. The van der Waals surface area contributed by atoms with Crippen LogP contribution < -0.4 is 10.5 Å². The molecule has 0 saturated heterocycles. The molecule has 1 atom stereocenters. The minimum atomic E-state index is -3.28. The van der Waals surface area contributed by atoms with Crippen LogP contribution in [0.3, 0.4) is 0 Å². The molecule has 0 bridgehead atoms. The number of fused-ring (bicyclic) bond motifs is 1. The molecule has 7 nitrogen and oxygen atoms in total. The van der Waals surface area contributed by atoms with Crippen molar-refractivity contribution in [2.75, 3.05) is 16.2 Å². The number of rotatable bonds is 7. The molecule has 2 heterocycles. The van der Waals surface area contributed by atoms with Crippen molar-refractivity contribution in [2.45, 2.75) is 16.7 Å².